The summed E-state index contributed by atoms with van der Waals surface area (Å²) in [4.78, 5) is 22.2. The van der Waals surface area contributed by atoms with E-state index >= 15 is 0 Å². The lowest BCUT2D eigenvalue weighted by Gasteiger charge is -2.19. The third kappa shape index (κ3) is 3.63. The number of amides is 1. The highest BCUT2D eigenvalue weighted by atomic mass is 16.6. The zero-order chi connectivity index (χ0) is 14.4. The van der Waals surface area contributed by atoms with E-state index in [9.17, 15) is 14.9 Å². The van der Waals surface area contributed by atoms with Crippen LogP contribution in [0.3, 0.4) is 0 Å². The Kier molecular flexibility index (Phi) is 4.81. The van der Waals surface area contributed by atoms with Gasteiger partial charge in [-0.3, -0.25) is 14.9 Å². The van der Waals surface area contributed by atoms with Crippen LogP contribution in [0.15, 0.2) is 29.4 Å². The monoisotopic (exact) mass is 275 g/mol. The van der Waals surface area contributed by atoms with E-state index in [4.69, 9.17) is 0 Å². The topological polar surface area (TPSA) is 84.6 Å². The van der Waals surface area contributed by atoms with Crippen LogP contribution in [0, 0.1) is 16.0 Å². The van der Waals surface area contributed by atoms with Crippen LogP contribution < -0.4 is 5.43 Å². The van der Waals surface area contributed by atoms with Gasteiger partial charge < -0.3 is 0 Å². The summed E-state index contributed by atoms with van der Waals surface area (Å²) in [7, 11) is 0. The first kappa shape index (κ1) is 14.2. The molecular formula is C14H17N3O3. The zero-order valence-electron chi connectivity index (χ0n) is 11.1. The molecule has 0 atom stereocenters. The number of para-hydroxylation sites is 1. The maximum Gasteiger partial charge on any atom is 0.278 e. The van der Waals surface area contributed by atoms with Gasteiger partial charge in [0.1, 0.15) is 0 Å². The van der Waals surface area contributed by atoms with Crippen LogP contribution in [0.5, 0.6) is 0 Å². The fourth-order valence-electron chi connectivity index (χ4n) is 2.38. The summed E-state index contributed by atoms with van der Waals surface area (Å²) in [6.45, 7) is 0. The van der Waals surface area contributed by atoms with Gasteiger partial charge in [0.15, 0.2) is 0 Å². The summed E-state index contributed by atoms with van der Waals surface area (Å²) in [5, 5.41) is 14.7. The second-order valence-electron chi connectivity index (χ2n) is 4.89. The van der Waals surface area contributed by atoms with Crippen molar-refractivity contribution >= 4 is 17.8 Å². The molecule has 1 N–H and O–H groups in total. The van der Waals surface area contributed by atoms with E-state index in [2.05, 4.69) is 10.5 Å². The first-order valence-electron chi connectivity index (χ1n) is 6.75. The fourth-order valence-corrected chi connectivity index (χ4v) is 2.38. The molecule has 20 heavy (non-hydrogen) atoms. The summed E-state index contributed by atoms with van der Waals surface area (Å²) >= 11 is 0. The molecule has 6 nitrogen and oxygen atoms in total. The van der Waals surface area contributed by atoms with Crippen LogP contribution in [0.1, 0.15) is 37.7 Å². The predicted octanol–water partition coefficient (Wildman–Crippen LogP) is 2.63. The lowest BCUT2D eigenvalue weighted by Crippen LogP contribution is -2.28. The average Bonchev–Trinajstić information content (AvgIpc) is 2.48. The average molecular weight is 275 g/mol. The Hall–Kier alpha value is -2.24. The van der Waals surface area contributed by atoms with Gasteiger partial charge in [0.2, 0.25) is 5.91 Å². The molecule has 1 aliphatic rings. The molecule has 0 unspecified atom stereocenters. The van der Waals surface area contributed by atoms with E-state index in [1.54, 1.807) is 18.2 Å². The molecule has 1 aromatic rings. The molecule has 1 fully saturated rings. The zero-order valence-corrected chi connectivity index (χ0v) is 11.1. The largest absolute Gasteiger partial charge is 0.278 e. The summed E-state index contributed by atoms with van der Waals surface area (Å²) in [6.07, 6.45) is 6.44. The van der Waals surface area contributed by atoms with Crippen LogP contribution in [-0.4, -0.2) is 17.0 Å². The van der Waals surface area contributed by atoms with Crippen molar-refractivity contribution in [1.82, 2.24) is 5.43 Å². The van der Waals surface area contributed by atoms with Crippen LogP contribution in [0.2, 0.25) is 0 Å². The number of carbonyl (C=O) groups excluding carboxylic acids is 1. The predicted molar refractivity (Wildman–Crippen MR) is 75.4 cm³/mol. The lowest BCUT2D eigenvalue weighted by atomic mass is 9.89. The normalized spacial score (nSPS) is 16.2. The Balaban J connectivity index is 1.96. The molecule has 0 saturated heterocycles. The van der Waals surface area contributed by atoms with Crippen molar-refractivity contribution in [2.24, 2.45) is 11.0 Å². The second kappa shape index (κ2) is 6.79. The third-order valence-electron chi connectivity index (χ3n) is 3.49. The van der Waals surface area contributed by atoms with Gasteiger partial charge in [-0.15, -0.1) is 0 Å². The minimum atomic E-state index is -0.468. The number of nitro benzene ring substituents is 1. The maximum atomic E-state index is 11.8. The smallest absolute Gasteiger partial charge is 0.273 e. The first-order chi connectivity index (χ1) is 9.68. The van der Waals surface area contributed by atoms with Gasteiger partial charge in [0, 0.05) is 12.0 Å². The van der Waals surface area contributed by atoms with Crippen molar-refractivity contribution in [3.8, 4) is 0 Å². The number of hydrazone groups is 1. The number of hydrogen-bond acceptors (Lipinski definition) is 4. The molecule has 1 amide bonds. The van der Waals surface area contributed by atoms with E-state index in [0.29, 0.717) is 5.56 Å². The van der Waals surface area contributed by atoms with Gasteiger partial charge in [0.05, 0.1) is 16.7 Å². The molecule has 1 aromatic carbocycles. The molecule has 2 rings (SSSR count). The lowest BCUT2D eigenvalue weighted by molar-refractivity contribution is -0.385. The van der Waals surface area contributed by atoms with E-state index in [0.717, 1.165) is 25.7 Å². The highest BCUT2D eigenvalue weighted by Gasteiger charge is 2.20. The van der Waals surface area contributed by atoms with Crippen molar-refractivity contribution in [2.45, 2.75) is 32.1 Å². The quantitative estimate of drug-likeness (QED) is 0.520. The molecule has 0 spiro atoms. The Labute approximate surface area is 117 Å². The van der Waals surface area contributed by atoms with Crippen molar-refractivity contribution in [1.29, 1.82) is 0 Å². The number of hydrogen-bond donors (Lipinski definition) is 1. The summed E-state index contributed by atoms with van der Waals surface area (Å²) < 4.78 is 0. The third-order valence-corrected chi connectivity index (χ3v) is 3.49. The molecule has 0 heterocycles. The van der Waals surface area contributed by atoms with E-state index in [1.807, 2.05) is 0 Å². The molecule has 6 heteroatoms. The van der Waals surface area contributed by atoms with Gasteiger partial charge in [-0.25, -0.2) is 5.43 Å². The van der Waals surface area contributed by atoms with Crippen molar-refractivity contribution < 1.29 is 9.72 Å². The SMILES string of the molecule is O=C(N/N=C\c1ccccc1[N+](=O)[O-])C1CCCCC1. The highest BCUT2D eigenvalue weighted by Crippen LogP contribution is 2.23. The van der Waals surface area contributed by atoms with Crippen LogP contribution in [-0.2, 0) is 4.79 Å². The highest BCUT2D eigenvalue weighted by molar-refractivity contribution is 5.87. The van der Waals surface area contributed by atoms with Gasteiger partial charge in [-0.2, -0.15) is 5.10 Å². The molecule has 0 radical (unpaired) electrons. The van der Waals surface area contributed by atoms with Crippen LogP contribution in [0.25, 0.3) is 0 Å². The Bertz CT molecular complexity index is 522. The number of nitrogens with zero attached hydrogens (tertiary/aromatic N) is 2. The molecule has 1 saturated carbocycles. The first-order valence-corrected chi connectivity index (χ1v) is 6.75. The summed E-state index contributed by atoms with van der Waals surface area (Å²) in [6, 6.07) is 6.28. The fraction of sp³-hybridized carbons (Fsp3) is 0.429. The minimum Gasteiger partial charge on any atom is -0.273 e. The molecule has 0 aliphatic heterocycles. The van der Waals surface area contributed by atoms with E-state index < -0.39 is 4.92 Å². The number of rotatable bonds is 4. The van der Waals surface area contributed by atoms with Gasteiger partial charge in [-0.05, 0) is 18.9 Å². The Morgan fingerprint density at radius 2 is 2.00 bits per heavy atom. The Morgan fingerprint density at radius 1 is 1.30 bits per heavy atom. The number of benzene rings is 1. The minimum absolute atomic E-state index is 0.0201. The molecule has 0 aromatic heterocycles. The standard InChI is InChI=1S/C14H17N3O3/c18-14(11-6-2-1-3-7-11)16-15-10-12-8-4-5-9-13(12)17(19)20/h4-5,8-11H,1-3,6-7H2,(H,16,18)/b15-10-. The van der Waals surface area contributed by atoms with Crippen LogP contribution in [0.4, 0.5) is 5.69 Å². The number of nitro groups is 1. The Morgan fingerprint density at radius 3 is 2.70 bits per heavy atom. The maximum absolute atomic E-state index is 11.8. The van der Waals surface area contributed by atoms with Crippen molar-refractivity contribution in [3.63, 3.8) is 0 Å². The van der Waals surface area contributed by atoms with E-state index in [-0.39, 0.29) is 17.5 Å². The number of nitrogens with one attached hydrogen (secondary N) is 1. The van der Waals surface area contributed by atoms with Crippen molar-refractivity contribution in [3.05, 3.63) is 39.9 Å². The van der Waals surface area contributed by atoms with Gasteiger partial charge in [0.25, 0.3) is 5.69 Å². The van der Waals surface area contributed by atoms with E-state index in [1.165, 1.54) is 18.7 Å². The van der Waals surface area contributed by atoms with Gasteiger partial charge >= 0.3 is 0 Å². The second-order valence-corrected chi connectivity index (χ2v) is 4.89. The summed E-state index contributed by atoms with van der Waals surface area (Å²) in [5.74, 6) is -0.0776. The number of carbonyl (C=O) groups is 1. The van der Waals surface area contributed by atoms with Gasteiger partial charge in [-0.1, -0.05) is 31.4 Å². The molecule has 1 aliphatic carbocycles. The molecular weight excluding hydrogens is 258 g/mol. The summed E-state index contributed by atoms with van der Waals surface area (Å²) in [5.41, 5.74) is 2.83. The van der Waals surface area contributed by atoms with Crippen molar-refractivity contribution in [2.75, 3.05) is 0 Å². The van der Waals surface area contributed by atoms with Crippen LogP contribution >= 0.6 is 0 Å². The molecule has 0 bridgehead atoms. The molecule has 106 valence electrons.